The summed E-state index contributed by atoms with van der Waals surface area (Å²) >= 11 is 0. The number of hydrogen-bond donors (Lipinski definition) is 6. The molecule has 0 heterocycles. The van der Waals surface area contributed by atoms with Gasteiger partial charge in [-0.2, -0.15) is 0 Å². The van der Waals surface area contributed by atoms with Crippen LogP contribution in [0.5, 0.6) is 0 Å². The molecule has 0 aliphatic heterocycles. The molecule has 13 heavy (non-hydrogen) atoms. The minimum atomic E-state index is -1.30. The minimum Gasteiger partial charge on any atom is -0.478 e. The van der Waals surface area contributed by atoms with Gasteiger partial charge in [-0.1, -0.05) is 0 Å². The lowest BCUT2D eigenvalue weighted by molar-refractivity contribution is -0.142. The standard InChI is InChI=1S/C5H12N6O2/c1-11(5(8)9)2(3(12)13)10-4(6)7/h2H,1H3,(H3,8,9)(H,12,13)(H4,6,7,10). The molecule has 0 spiro atoms. The average molecular weight is 188 g/mol. The van der Waals surface area contributed by atoms with Crippen LogP contribution in [0.3, 0.4) is 0 Å². The second-order valence-corrected chi connectivity index (χ2v) is 2.29. The van der Waals surface area contributed by atoms with Crippen molar-refractivity contribution in [3.63, 3.8) is 0 Å². The maximum atomic E-state index is 10.6. The average Bonchev–Trinajstić information content (AvgIpc) is 1.97. The maximum absolute atomic E-state index is 10.6. The van der Waals surface area contributed by atoms with Gasteiger partial charge in [-0.25, -0.2) is 4.79 Å². The van der Waals surface area contributed by atoms with Crippen molar-refractivity contribution in [3.8, 4) is 0 Å². The summed E-state index contributed by atoms with van der Waals surface area (Å²) in [7, 11) is 1.30. The maximum Gasteiger partial charge on any atom is 0.347 e. The molecule has 0 saturated heterocycles. The van der Waals surface area contributed by atoms with Crippen LogP contribution in [-0.2, 0) is 4.79 Å². The Kier molecular flexibility index (Phi) is 3.51. The predicted octanol–water partition coefficient (Wildman–Crippen LogP) is -2.29. The first-order valence-corrected chi connectivity index (χ1v) is 3.26. The van der Waals surface area contributed by atoms with E-state index < -0.39 is 24.1 Å². The fourth-order valence-electron chi connectivity index (χ4n) is 0.611. The zero-order chi connectivity index (χ0) is 10.6. The Bertz CT molecular complexity index is 239. The fourth-order valence-corrected chi connectivity index (χ4v) is 0.611. The van der Waals surface area contributed by atoms with Crippen LogP contribution in [-0.4, -0.2) is 41.1 Å². The number of hydrogen-bond acceptors (Lipinski definition) is 3. The Morgan fingerprint density at radius 2 is 2.00 bits per heavy atom. The molecule has 0 aromatic carbocycles. The van der Waals surface area contributed by atoms with Crippen LogP contribution in [0.25, 0.3) is 0 Å². The minimum absolute atomic E-state index is 0.429. The molecule has 8 heteroatoms. The monoisotopic (exact) mass is 188 g/mol. The van der Waals surface area contributed by atoms with Gasteiger partial charge < -0.3 is 26.8 Å². The SMILES string of the molecule is CN(C(=N)N)C(NC(=N)N)C(=O)O. The highest BCUT2D eigenvalue weighted by molar-refractivity contribution is 5.86. The van der Waals surface area contributed by atoms with E-state index >= 15 is 0 Å². The molecule has 0 aromatic heterocycles. The van der Waals surface area contributed by atoms with E-state index in [0.29, 0.717) is 0 Å². The molecule has 0 bridgehead atoms. The lowest BCUT2D eigenvalue weighted by atomic mass is 10.4. The van der Waals surface area contributed by atoms with E-state index in [2.05, 4.69) is 5.32 Å². The molecule has 0 amide bonds. The predicted molar refractivity (Wildman–Crippen MR) is 46.2 cm³/mol. The molecule has 1 atom stereocenters. The molecule has 0 aromatic rings. The lowest BCUT2D eigenvalue weighted by Gasteiger charge is -2.25. The largest absolute Gasteiger partial charge is 0.478 e. The third-order valence-electron chi connectivity index (χ3n) is 1.29. The first kappa shape index (κ1) is 11.0. The van der Waals surface area contributed by atoms with Crippen molar-refractivity contribution < 1.29 is 9.90 Å². The molecule has 8 nitrogen and oxygen atoms in total. The van der Waals surface area contributed by atoms with Crippen molar-refractivity contribution >= 4 is 17.9 Å². The summed E-state index contributed by atoms with van der Waals surface area (Å²) < 4.78 is 0. The van der Waals surface area contributed by atoms with Crippen LogP contribution in [0.4, 0.5) is 0 Å². The Hall–Kier alpha value is -1.99. The van der Waals surface area contributed by atoms with E-state index in [1.807, 2.05) is 0 Å². The number of carbonyl (C=O) groups is 1. The smallest absolute Gasteiger partial charge is 0.347 e. The topological polar surface area (TPSA) is 152 Å². The molecule has 8 N–H and O–H groups in total. The van der Waals surface area contributed by atoms with E-state index in [1.54, 1.807) is 0 Å². The van der Waals surface area contributed by atoms with Crippen LogP contribution >= 0.6 is 0 Å². The first-order chi connectivity index (χ1) is 5.86. The van der Waals surface area contributed by atoms with Crippen molar-refractivity contribution in [1.29, 1.82) is 10.8 Å². The van der Waals surface area contributed by atoms with Gasteiger partial charge in [0.2, 0.25) is 6.17 Å². The summed E-state index contributed by atoms with van der Waals surface area (Å²) in [5.74, 6) is -2.20. The Morgan fingerprint density at radius 1 is 1.54 bits per heavy atom. The lowest BCUT2D eigenvalue weighted by Crippen LogP contribution is -2.56. The number of likely N-dealkylation sites (N-methyl/N-ethyl adjacent to an activating group) is 1. The van der Waals surface area contributed by atoms with Crippen LogP contribution in [0, 0.1) is 10.8 Å². The zero-order valence-corrected chi connectivity index (χ0v) is 7.03. The van der Waals surface area contributed by atoms with Gasteiger partial charge in [0.15, 0.2) is 11.9 Å². The third-order valence-corrected chi connectivity index (χ3v) is 1.29. The highest BCUT2D eigenvalue weighted by Crippen LogP contribution is 1.90. The number of nitrogens with two attached hydrogens (primary N) is 2. The van der Waals surface area contributed by atoms with E-state index in [9.17, 15) is 4.79 Å². The van der Waals surface area contributed by atoms with Crippen molar-refractivity contribution in [1.82, 2.24) is 10.2 Å². The van der Waals surface area contributed by atoms with E-state index in [0.717, 1.165) is 4.90 Å². The molecule has 0 rings (SSSR count). The number of guanidine groups is 2. The van der Waals surface area contributed by atoms with E-state index in [1.165, 1.54) is 7.05 Å². The summed E-state index contributed by atoms with van der Waals surface area (Å²) in [6.07, 6.45) is -1.30. The van der Waals surface area contributed by atoms with Crippen molar-refractivity contribution in [2.45, 2.75) is 6.17 Å². The molecule has 1 unspecified atom stereocenters. The molecular weight excluding hydrogens is 176 g/mol. The normalized spacial score (nSPS) is 11.5. The molecule has 0 aliphatic rings. The highest BCUT2D eigenvalue weighted by Gasteiger charge is 2.23. The van der Waals surface area contributed by atoms with Gasteiger partial charge in [0.1, 0.15) is 0 Å². The van der Waals surface area contributed by atoms with Crippen molar-refractivity contribution in [3.05, 3.63) is 0 Å². The summed E-state index contributed by atoms with van der Waals surface area (Å²) in [6.45, 7) is 0. The van der Waals surface area contributed by atoms with Gasteiger partial charge >= 0.3 is 5.97 Å². The molecular formula is C5H12N6O2. The molecule has 74 valence electrons. The van der Waals surface area contributed by atoms with Gasteiger partial charge in [0.05, 0.1) is 0 Å². The van der Waals surface area contributed by atoms with Gasteiger partial charge in [-0.05, 0) is 0 Å². The molecule has 0 saturated carbocycles. The molecule has 0 radical (unpaired) electrons. The second-order valence-electron chi connectivity index (χ2n) is 2.29. The number of carboxylic acids is 1. The van der Waals surface area contributed by atoms with Crippen LogP contribution in [0.2, 0.25) is 0 Å². The Labute approximate surface area is 74.5 Å². The van der Waals surface area contributed by atoms with Gasteiger partial charge in [-0.3, -0.25) is 10.8 Å². The van der Waals surface area contributed by atoms with E-state index in [4.69, 9.17) is 27.4 Å². The van der Waals surface area contributed by atoms with Gasteiger partial charge in [0, 0.05) is 7.05 Å². The Morgan fingerprint density at radius 3 is 2.23 bits per heavy atom. The van der Waals surface area contributed by atoms with Gasteiger partial charge in [0.25, 0.3) is 0 Å². The fraction of sp³-hybridized carbons (Fsp3) is 0.400. The third kappa shape index (κ3) is 3.27. The Balaban J connectivity index is 4.51. The van der Waals surface area contributed by atoms with Crippen LogP contribution in [0.1, 0.15) is 0 Å². The van der Waals surface area contributed by atoms with Crippen LogP contribution < -0.4 is 16.8 Å². The summed E-state index contributed by atoms with van der Waals surface area (Å²) in [6, 6.07) is 0. The van der Waals surface area contributed by atoms with E-state index in [-0.39, 0.29) is 0 Å². The highest BCUT2D eigenvalue weighted by atomic mass is 16.4. The zero-order valence-electron chi connectivity index (χ0n) is 7.03. The van der Waals surface area contributed by atoms with Crippen LogP contribution in [0.15, 0.2) is 0 Å². The van der Waals surface area contributed by atoms with Crippen molar-refractivity contribution in [2.24, 2.45) is 11.5 Å². The number of aliphatic carboxylic acids is 1. The number of carboxylic acid groups (broad SMARTS) is 1. The summed E-state index contributed by atoms with van der Waals surface area (Å²) in [5, 5.41) is 24.5. The number of nitrogens with one attached hydrogen (secondary N) is 3. The van der Waals surface area contributed by atoms with Crippen molar-refractivity contribution in [2.75, 3.05) is 7.05 Å². The first-order valence-electron chi connectivity index (χ1n) is 3.26. The second kappa shape index (κ2) is 4.14. The summed E-state index contributed by atoms with van der Waals surface area (Å²) in [4.78, 5) is 11.5. The summed E-state index contributed by atoms with van der Waals surface area (Å²) in [5.41, 5.74) is 9.98. The van der Waals surface area contributed by atoms with Gasteiger partial charge in [-0.15, -0.1) is 0 Å². The molecule has 0 aliphatic carbocycles. The number of rotatable bonds is 3. The molecule has 0 fully saturated rings. The number of nitrogens with zero attached hydrogens (tertiary/aromatic N) is 1. The quantitative estimate of drug-likeness (QED) is 0.166.